The van der Waals surface area contributed by atoms with Crippen LogP contribution in [-0.2, 0) is 19.4 Å². The Labute approximate surface area is 148 Å². The van der Waals surface area contributed by atoms with Crippen LogP contribution in [-0.4, -0.2) is 47.0 Å². The lowest BCUT2D eigenvalue weighted by Gasteiger charge is -2.27. The van der Waals surface area contributed by atoms with Gasteiger partial charge in [-0.15, -0.1) is 10.2 Å². The Kier molecular flexibility index (Phi) is 5.53. The Hall–Kier alpha value is -2.57. The smallest absolute Gasteiger partial charge is 0.314 e. The van der Waals surface area contributed by atoms with Crippen LogP contribution < -0.4 is 15.5 Å². The number of amides is 2. The highest BCUT2D eigenvalue weighted by molar-refractivity contribution is 5.73. The molecule has 0 fully saturated rings. The summed E-state index contributed by atoms with van der Waals surface area (Å²) in [5.41, 5.74) is 1.14. The molecule has 1 atom stereocenters. The molecule has 0 spiro atoms. The molecule has 134 valence electrons. The van der Waals surface area contributed by atoms with Crippen molar-refractivity contribution in [3.05, 3.63) is 42.0 Å². The van der Waals surface area contributed by atoms with Crippen molar-refractivity contribution in [2.45, 2.75) is 38.8 Å². The number of fused-ring (bicyclic) bond motifs is 1. The minimum atomic E-state index is -0.144. The number of nitrogens with zero attached hydrogens (tertiary/aromatic N) is 4. The molecule has 2 aromatic rings. The van der Waals surface area contributed by atoms with Crippen LogP contribution in [0.2, 0.25) is 0 Å². The third-order valence-electron chi connectivity index (χ3n) is 4.70. The summed E-state index contributed by atoms with van der Waals surface area (Å²) in [6, 6.07) is 10.2. The van der Waals surface area contributed by atoms with Gasteiger partial charge in [0.2, 0.25) is 0 Å². The van der Waals surface area contributed by atoms with Gasteiger partial charge in [0.25, 0.3) is 0 Å². The third kappa shape index (κ3) is 4.29. The molecule has 0 aliphatic carbocycles. The molecule has 0 radical (unpaired) electrons. The zero-order chi connectivity index (χ0) is 17.6. The predicted octanol–water partition coefficient (Wildman–Crippen LogP) is 1.59. The second-order valence-corrected chi connectivity index (χ2v) is 6.47. The van der Waals surface area contributed by atoms with E-state index in [1.165, 1.54) is 0 Å². The minimum absolute atomic E-state index is 0.144. The first-order chi connectivity index (χ1) is 12.1. The zero-order valence-corrected chi connectivity index (χ0v) is 14.9. The largest absolute Gasteiger partial charge is 0.370 e. The van der Waals surface area contributed by atoms with E-state index in [1.54, 1.807) is 0 Å². The summed E-state index contributed by atoms with van der Waals surface area (Å²) in [5.74, 6) is 2.03. The molecule has 2 N–H and O–H groups in total. The number of para-hydroxylation sites is 1. The Morgan fingerprint density at radius 1 is 1.28 bits per heavy atom. The number of rotatable bonds is 7. The molecule has 0 saturated carbocycles. The standard InChI is InChI=1S/C18H26N6O/c1-14(23(2)15-7-4-3-5-8-15)13-20-18(25)19-11-10-17-22-21-16-9-6-12-24(16)17/h3-5,7-8,14H,6,9-13H2,1-2H3,(H2,19,20,25)/t14-/m0/s1. The van der Waals surface area contributed by atoms with Gasteiger partial charge in [-0.25, -0.2) is 4.79 Å². The van der Waals surface area contributed by atoms with E-state index in [-0.39, 0.29) is 12.1 Å². The van der Waals surface area contributed by atoms with Gasteiger partial charge in [0.1, 0.15) is 11.6 Å². The summed E-state index contributed by atoms with van der Waals surface area (Å²) < 4.78 is 2.16. The maximum atomic E-state index is 12.0. The van der Waals surface area contributed by atoms with Gasteiger partial charge in [-0.2, -0.15) is 0 Å². The van der Waals surface area contributed by atoms with Crippen LogP contribution in [0.1, 0.15) is 25.0 Å². The molecule has 3 rings (SSSR count). The SMILES string of the molecule is C[C@@H](CNC(=O)NCCc1nnc2n1CCC2)N(C)c1ccccc1. The van der Waals surface area contributed by atoms with Gasteiger partial charge in [-0.3, -0.25) is 0 Å². The number of benzene rings is 1. The van der Waals surface area contributed by atoms with Crippen molar-refractivity contribution in [2.75, 3.05) is 25.0 Å². The summed E-state index contributed by atoms with van der Waals surface area (Å²) >= 11 is 0. The van der Waals surface area contributed by atoms with Gasteiger partial charge >= 0.3 is 6.03 Å². The van der Waals surface area contributed by atoms with E-state index in [9.17, 15) is 4.79 Å². The van der Waals surface area contributed by atoms with Crippen molar-refractivity contribution >= 4 is 11.7 Å². The van der Waals surface area contributed by atoms with Crippen molar-refractivity contribution in [3.63, 3.8) is 0 Å². The fraction of sp³-hybridized carbons (Fsp3) is 0.500. The fourth-order valence-corrected chi connectivity index (χ4v) is 3.04. The summed E-state index contributed by atoms with van der Waals surface area (Å²) in [5, 5.41) is 14.2. The summed E-state index contributed by atoms with van der Waals surface area (Å²) in [7, 11) is 2.03. The average Bonchev–Trinajstić information content (AvgIpc) is 3.24. The number of aryl methyl sites for hydroxylation is 1. The minimum Gasteiger partial charge on any atom is -0.370 e. The van der Waals surface area contributed by atoms with Gasteiger partial charge in [-0.05, 0) is 25.5 Å². The average molecular weight is 342 g/mol. The number of urea groups is 1. The van der Waals surface area contributed by atoms with Gasteiger partial charge in [0, 0.05) is 51.3 Å². The molecule has 2 amide bonds. The molecule has 0 bridgehead atoms. The number of carbonyl (C=O) groups is 1. The molecule has 7 nitrogen and oxygen atoms in total. The van der Waals surface area contributed by atoms with E-state index in [2.05, 4.69) is 49.4 Å². The van der Waals surface area contributed by atoms with Crippen LogP contribution in [0.5, 0.6) is 0 Å². The highest BCUT2D eigenvalue weighted by atomic mass is 16.2. The number of likely N-dealkylation sites (N-methyl/N-ethyl adjacent to an activating group) is 1. The van der Waals surface area contributed by atoms with Crippen LogP contribution in [0.15, 0.2) is 30.3 Å². The number of aromatic nitrogens is 3. The maximum Gasteiger partial charge on any atom is 0.314 e. The van der Waals surface area contributed by atoms with Crippen LogP contribution in [0, 0.1) is 0 Å². The monoisotopic (exact) mass is 342 g/mol. The van der Waals surface area contributed by atoms with E-state index in [0.717, 1.165) is 36.7 Å². The summed E-state index contributed by atoms with van der Waals surface area (Å²) in [4.78, 5) is 14.1. The first kappa shape index (κ1) is 17.3. The highest BCUT2D eigenvalue weighted by Crippen LogP contribution is 2.14. The van der Waals surface area contributed by atoms with E-state index in [4.69, 9.17) is 0 Å². The quantitative estimate of drug-likeness (QED) is 0.801. The fourth-order valence-electron chi connectivity index (χ4n) is 3.04. The van der Waals surface area contributed by atoms with Crippen molar-refractivity contribution < 1.29 is 4.79 Å². The van der Waals surface area contributed by atoms with E-state index >= 15 is 0 Å². The zero-order valence-electron chi connectivity index (χ0n) is 14.9. The van der Waals surface area contributed by atoms with Gasteiger partial charge < -0.3 is 20.1 Å². The molecule has 25 heavy (non-hydrogen) atoms. The molecular weight excluding hydrogens is 316 g/mol. The van der Waals surface area contributed by atoms with Crippen molar-refractivity contribution in [3.8, 4) is 0 Å². The van der Waals surface area contributed by atoms with Crippen molar-refractivity contribution in [1.82, 2.24) is 25.4 Å². The number of hydrogen-bond donors (Lipinski definition) is 2. The Bertz CT molecular complexity index is 699. The molecule has 1 aromatic carbocycles. The van der Waals surface area contributed by atoms with E-state index < -0.39 is 0 Å². The van der Waals surface area contributed by atoms with Crippen LogP contribution in [0.25, 0.3) is 0 Å². The molecule has 2 heterocycles. The van der Waals surface area contributed by atoms with E-state index in [1.807, 2.05) is 25.2 Å². The summed E-state index contributed by atoms with van der Waals surface area (Å²) in [6.07, 6.45) is 2.85. The Balaban J connectivity index is 1.38. The number of hydrogen-bond acceptors (Lipinski definition) is 4. The van der Waals surface area contributed by atoms with Crippen LogP contribution in [0.4, 0.5) is 10.5 Å². The molecule has 1 aliphatic heterocycles. The Morgan fingerprint density at radius 2 is 2.08 bits per heavy atom. The molecule has 0 unspecified atom stereocenters. The van der Waals surface area contributed by atoms with Crippen LogP contribution >= 0.6 is 0 Å². The van der Waals surface area contributed by atoms with Gasteiger partial charge in [-0.1, -0.05) is 18.2 Å². The normalized spacial score (nSPS) is 14.0. The van der Waals surface area contributed by atoms with E-state index in [0.29, 0.717) is 19.5 Å². The number of anilines is 1. The first-order valence-corrected chi connectivity index (χ1v) is 8.85. The predicted molar refractivity (Wildman–Crippen MR) is 97.8 cm³/mol. The highest BCUT2D eigenvalue weighted by Gasteiger charge is 2.17. The third-order valence-corrected chi connectivity index (χ3v) is 4.70. The molecule has 1 aromatic heterocycles. The van der Waals surface area contributed by atoms with Crippen LogP contribution in [0.3, 0.4) is 0 Å². The van der Waals surface area contributed by atoms with Crippen molar-refractivity contribution in [1.29, 1.82) is 0 Å². The lowest BCUT2D eigenvalue weighted by atomic mass is 10.2. The van der Waals surface area contributed by atoms with Crippen molar-refractivity contribution in [2.24, 2.45) is 0 Å². The lowest BCUT2D eigenvalue weighted by Crippen LogP contribution is -2.44. The Morgan fingerprint density at radius 3 is 2.88 bits per heavy atom. The molecule has 1 aliphatic rings. The molecular formula is C18H26N6O. The number of carbonyl (C=O) groups excluding carboxylic acids is 1. The molecule has 0 saturated heterocycles. The lowest BCUT2D eigenvalue weighted by molar-refractivity contribution is 0.240. The molecule has 7 heteroatoms. The number of nitrogens with one attached hydrogen (secondary N) is 2. The second kappa shape index (κ2) is 8.00. The van der Waals surface area contributed by atoms with Gasteiger partial charge in [0.15, 0.2) is 0 Å². The second-order valence-electron chi connectivity index (χ2n) is 6.47. The summed E-state index contributed by atoms with van der Waals surface area (Å²) in [6.45, 7) is 4.23. The topological polar surface area (TPSA) is 75.1 Å². The maximum absolute atomic E-state index is 12.0. The first-order valence-electron chi connectivity index (χ1n) is 8.85. The van der Waals surface area contributed by atoms with Gasteiger partial charge in [0.05, 0.1) is 0 Å².